The highest BCUT2D eigenvalue weighted by molar-refractivity contribution is 5.80. The normalized spacial score (nSPS) is 12.6. The van der Waals surface area contributed by atoms with Crippen LogP contribution in [0.2, 0.25) is 0 Å². The van der Waals surface area contributed by atoms with Crippen LogP contribution in [-0.2, 0) is 16.1 Å². The van der Waals surface area contributed by atoms with Gasteiger partial charge < -0.3 is 15.8 Å². The summed E-state index contributed by atoms with van der Waals surface area (Å²) in [6.45, 7) is 0.423. The number of ether oxygens (including phenoxy) is 1. The lowest BCUT2D eigenvalue weighted by Crippen LogP contribution is -2.40. The second-order valence-corrected chi connectivity index (χ2v) is 3.72. The number of nitrogens with zero attached hydrogens (tertiary/aromatic N) is 3. The molecule has 0 saturated heterocycles. The number of hydrogen-bond acceptors (Lipinski definition) is 5. The third-order valence-electron chi connectivity index (χ3n) is 2.60. The van der Waals surface area contributed by atoms with E-state index in [1.807, 2.05) is 28.8 Å². The Bertz CT molecular complexity index is 535. The summed E-state index contributed by atoms with van der Waals surface area (Å²) in [6, 6.07) is 5.59. The summed E-state index contributed by atoms with van der Waals surface area (Å²) in [4.78, 5) is 11.7. The number of fused-ring (bicyclic) bond motifs is 1. The first-order valence-corrected chi connectivity index (χ1v) is 5.55. The maximum Gasteiger partial charge on any atom is 0.250 e. The summed E-state index contributed by atoms with van der Waals surface area (Å²) in [5, 5.41) is 10.7. The molecule has 1 amide bonds. The zero-order valence-electron chi connectivity index (χ0n) is 10.0. The first kappa shape index (κ1) is 12.5. The SMILES string of the molecule is COC(CN)C(=O)NCc1nnc2ccccn12. The summed E-state index contributed by atoms with van der Waals surface area (Å²) < 4.78 is 6.75. The van der Waals surface area contributed by atoms with Crippen LogP contribution in [0.3, 0.4) is 0 Å². The van der Waals surface area contributed by atoms with Gasteiger partial charge in [0.1, 0.15) is 6.10 Å². The van der Waals surface area contributed by atoms with Crippen LogP contribution in [0.15, 0.2) is 24.4 Å². The van der Waals surface area contributed by atoms with Gasteiger partial charge in [0.25, 0.3) is 5.91 Å². The molecule has 0 aliphatic heterocycles. The molecular formula is C11H15N5O2. The van der Waals surface area contributed by atoms with Gasteiger partial charge in [-0.1, -0.05) is 6.07 Å². The molecule has 2 heterocycles. The smallest absolute Gasteiger partial charge is 0.250 e. The van der Waals surface area contributed by atoms with E-state index < -0.39 is 6.10 Å². The summed E-state index contributed by atoms with van der Waals surface area (Å²) in [6.07, 6.45) is 1.21. The highest BCUT2D eigenvalue weighted by atomic mass is 16.5. The Kier molecular flexibility index (Phi) is 3.85. The van der Waals surface area contributed by atoms with Gasteiger partial charge >= 0.3 is 0 Å². The topological polar surface area (TPSA) is 94.5 Å². The number of pyridine rings is 1. The predicted octanol–water partition coefficient (Wildman–Crippen LogP) is -0.681. The number of hydrogen-bond donors (Lipinski definition) is 2. The largest absolute Gasteiger partial charge is 0.370 e. The van der Waals surface area contributed by atoms with E-state index in [9.17, 15) is 4.79 Å². The second-order valence-electron chi connectivity index (χ2n) is 3.72. The van der Waals surface area contributed by atoms with Gasteiger partial charge in [-0.3, -0.25) is 9.20 Å². The molecule has 0 bridgehead atoms. The Hall–Kier alpha value is -1.99. The maximum atomic E-state index is 11.7. The molecule has 0 radical (unpaired) electrons. The maximum absolute atomic E-state index is 11.7. The van der Waals surface area contributed by atoms with Gasteiger partial charge in [-0.25, -0.2) is 0 Å². The lowest BCUT2D eigenvalue weighted by atomic mass is 10.3. The molecule has 18 heavy (non-hydrogen) atoms. The lowest BCUT2D eigenvalue weighted by molar-refractivity contribution is -0.130. The molecule has 2 aromatic heterocycles. The van der Waals surface area contributed by atoms with Crippen LogP contribution in [0.4, 0.5) is 0 Å². The van der Waals surface area contributed by atoms with Crippen LogP contribution in [0.25, 0.3) is 5.65 Å². The van der Waals surface area contributed by atoms with E-state index >= 15 is 0 Å². The fraction of sp³-hybridized carbons (Fsp3) is 0.364. The van der Waals surface area contributed by atoms with Crippen molar-refractivity contribution in [3.8, 4) is 0 Å². The minimum atomic E-state index is -0.635. The number of amides is 1. The van der Waals surface area contributed by atoms with Crippen molar-refractivity contribution < 1.29 is 9.53 Å². The highest BCUT2D eigenvalue weighted by Gasteiger charge is 2.16. The number of carbonyl (C=O) groups excluding carboxylic acids is 1. The van der Waals surface area contributed by atoms with Gasteiger partial charge in [0.05, 0.1) is 6.54 Å². The fourth-order valence-corrected chi connectivity index (χ4v) is 1.60. The van der Waals surface area contributed by atoms with Crippen LogP contribution >= 0.6 is 0 Å². The molecule has 1 unspecified atom stereocenters. The highest BCUT2D eigenvalue weighted by Crippen LogP contribution is 2.02. The van der Waals surface area contributed by atoms with Crippen molar-refractivity contribution in [3.05, 3.63) is 30.2 Å². The molecule has 96 valence electrons. The number of methoxy groups -OCH3 is 1. The summed E-state index contributed by atoms with van der Waals surface area (Å²) in [5.41, 5.74) is 6.14. The van der Waals surface area contributed by atoms with Gasteiger partial charge in [0.2, 0.25) is 0 Å². The van der Waals surface area contributed by atoms with Crippen molar-refractivity contribution in [3.63, 3.8) is 0 Å². The van der Waals surface area contributed by atoms with Gasteiger partial charge in [-0.05, 0) is 12.1 Å². The van der Waals surface area contributed by atoms with Crippen LogP contribution < -0.4 is 11.1 Å². The number of carbonyl (C=O) groups is 1. The lowest BCUT2D eigenvalue weighted by Gasteiger charge is -2.12. The van der Waals surface area contributed by atoms with E-state index in [2.05, 4.69) is 15.5 Å². The Morgan fingerprint density at radius 2 is 2.39 bits per heavy atom. The Morgan fingerprint density at radius 1 is 1.56 bits per heavy atom. The molecule has 0 aliphatic rings. The van der Waals surface area contributed by atoms with Gasteiger partial charge in [0.15, 0.2) is 11.5 Å². The van der Waals surface area contributed by atoms with Crippen molar-refractivity contribution in [2.24, 2.45) is 5.73 Å². The average Bonchev–Trinajstić information content (AvgIpc) is 2.81. The van der Waals surface area contributed by atoms with E-state index in [0.29, 0.717) is 5.82 Å². The minimum Gasteiger partial charge on any atom is -0.370 e. The number of nitrogens with one attached hydrogen (secondary N) is 1. The van der Waals surface area contributed by atoms with E-state index in [1.165, 1.54) is 7.11 Å². The third kappa shape index (κ3) is 2.47. The molecule has 2 aromatic rings. The van der Waals surface area contributed by atoms with Gasteiger partial charge in [0, 0.05) is 19.9 Å². The van der Waals surface area contributed by atoms with Crippen LogP contribution in [0, 0.1) is 0 Å². The fourth-order valence-electron chi connectivity index (χ4n) is 1.60. The van der Waals surface area contributed by atoms with Gasteiger partial charge in [-0.2, -0.15) is 0 Å². The molecule has 0 spiro atoms. The standard InChI is InChI=1S/C11H15N5O2/c1-18-8(6-12)11(17)13-7-10-15-14-9-4-2-3-5-16(9)10/h2-5,8H,6-7,12H2,1H3,(H,13,17). The van der Waals surface area contributed by atoms with E-state index in [1.54, 1.807) is 0 Å². The molecule has 0 fully saturated rings. The Labute approximate surface area is 104 Å². The third-order valence-corrected chi connectivity index (χ3v) is 2.60. The van der Waals surface area contributed by atoms with Crippen LogP contribution in [0.1, 0.15) is 5.82 Å². The Balaban J connectivity index is 2.04. The molecule has 0 aliphatic carbocycles. The molecule has 1 atom stereocenters. The molecule has 3 N–H and O–H groups in total. The summed E-state index contributed by atoms with van der Waals surface area (Å²) in [5.74, 6) is 0.401. The number of nitrogens with two attached hydrogens (primary N) is 1. The number of aromatic nitrogens is 3. The number of rotatable bonds is 5. The molecule has 7 heteroatoms. The van der Waals surface area contributed by atoms with Crippen molar-refractivity contribution in [1.29, 1.82) is 0 Å². The zero-order chi connectivity index (χ0) is 13.0. The molecular weight excluding hydrogens is 234 g/mol. The summed E-state index contributed by atoms with van der Waals surface area (Å²) in [7, 11) is 1.45. The van der Waals surface area contributed by atoms with Crippen molar-refractivity contribution in [2.45, 2.75) is 12.6 Å². The van der Waals surface area contributed by atoms with E-state index in [4.69, 9.17) is 10.5 Å². The van der Waals surface area contributed by atoms with E-state index in [-0.39, 0.29) is 19.0 Å². The van der Waals surface area contributed by atoms with E-state index in [0.717, 1.165) is 5.65 Å². The predicted molar refractivity (Wildman–Crippen MR) is 64.7 cm³/mol. The summed E-state index contributed by atoms with van der Waals surface area (Å²) >= 11 is 0. The van der Waals surface area contributed by atoms with Crippen molar-refractivity contribution in [1.82, 2.24) is 19.9 Å². The zero-order valence-corrected chi connectivity index (χ0v) is 10.0. The molecule has 0 aromatic carbocycles. The van der Waals surface area contributed by atoms with Gasteiger partial charge in [-0.15, -0.1) is 10.2 Å². The first-order valence-electron chi connectivity index (χ1n) is 5.55. The first-order chi connectivity index (χ1) is 8.76. The van der Waals surface area contributed by atoms with Crippen LogP contribution in [0.5, 0.6) is 0 Å². The average molecular weight is 249 g/mol. The second kappa shape index (κ2) is 5.56. The molecule has 0 saturated carbocycles. The van der Waals surface area contributed by atoms with Crippen LogP contribution in [-0.4, -0.2) is 40.3 Å². The van der Waals surface area contributed by atoms with Crippen molar-refractivity contribution in [2.75, 3.05) is 13.7 Å². The minimum absolute atomic E-state index is 0.142. The molecule has 7 nitrogen and oxygen atoms in total. The van der Waals surface area contributed by atoms with Crippen molar-refractivity contribution >= 4 is 11.6 Å². The molecule has 2 rings (SSSR count). The quantitative estimate of drug-likeness (QED) is 0.732. The Morgan fingerprint density at radius 3 is 3.11 bits per heavy atom. The monoisotopic (exact) mass is 249 g/mol.